The molecule has 0 radical (unpaired) electrons. The molecule has 0 atom stereocenters. The highest BCUT2D eigenvalue weighted by atomic mass is 16.4. The molecule has 0 saturated carbocycles. The van der Waals surface area contributed by atoms with Crippen molar-refractivity contribution in [1.82, 2.24) is 0 Å². The van der Waals surface area contributed by atoms with Crippen LogP contribution in [0.5, 0.6) is 0 Å². The van der Waals surface area contributed by atoms with Crippen molar-refractivity contribution in [2.24, 2.45) is 0 Å². The summed E-state index contributed by atoms with van der Waals surface area (Å²) in [6.45, 7) is 3.28. The van der Waals surface area contributed by atoms with Crippen molar-refractivity contribution >= 4 is 17.3 Å². The number of hydrogen-bond acceptors (Lipinski definition) is 4. The number of hydrogen-bond donors (Lipinski definition) is 0. The first kappa shape index (κ1) is 15.3. The number of carbonyl (C=O) groups is 3. The molecule has 0 amide bonds. The van der Waals surface area contributed by atoms with Crippen LogP contribution in [-0.2, 0) is 0 Å². The minimum atomic E-state index is -0.379. The van der Waals surface area contributed by atoms with Gasteiger partial charge in [0.2, 0.25) is 0 Å². The third-order valence-electron chi connectivity index (χ3n) is 4.41. The Kier molecular flexibility index (Phi) is 3.29. The molecule has 0 N–H and O–H groups in total. The van der Waals surface area contributed by atoms with E-state index in [2.05, 4.69) is 0 Å². The number of furan rings is 1. The maximum absolute atomic E-state index is 13.0. The van der Waals surface area contributed by atoms with Gasteiger partial charge < -0.3 is 4.42 Å². The van der Waals surface area contributed by atoms with E-state index in [1.165, 1.54) is 6.92 Å². The van der Waals surface area contributed by atoms with Crippen LogP contribution in [0, 0.1) is 6.92 Å². The Morgan fingerprint density at radius 1 is 0.840 bits per heavy atom. The Morgan fingerprint density at radius 3 is 1.96 bits per heavy atom. The predicted octanol–water partition coefficient (Wildman–Crippen LogP) is 4.23. The lowest BCUT2D eigenvalue weighted by Crippen LogP contribution is -2.21. The largest absolute Gasteiger partial charge is 0.451 e. The minimum absolute atomic E-state index is 0.0570. The van der Waals surface area contributed by atoms with Crippen LogP contribution in [0.3, 0.4) is 0 Å². The summed E-state index contributed by atoms with van der Waals surface area (Å²) < 4.78 is 5.74. The van der Waals surface area contributed by atoms with Crippen LogP contribution in [0.15, 0.2) is 52.9 Å². The molecule has 0 spiro atoms. The zero-order chi connectivity index (χ0) is 17.7. The molecule has 1 aliphatic carbocycles. The molecule has 0 fully saturated rings. The summed E-state index contributed by atoms with van der Waals surface area (Å²) in [5.74, 6) is -0.809. The first-order valence-corrected chi connectivity index (χ1v) is 7.92. The summed E-state index contributed by atoms with van der Waals surface area (Å²) >= 11 is 0. The van der Waals surface area contributed by atoms with Gasteiger partial charge in [0.05, 0.1) is 11.1 Å². The van der Waals surface area contributed by atoms with Crippen molar-refractivity contribution in [2.45, 2.75) is 13.8 Å². The van der Waals surface area contributed by atoms with E-state index < -0.39 is 0 Å². The quantitative estimate of drug-likeness (QED) is 0.516. The summed E-state index contributed by atoms with van der Waals surface area (Å²) in [7, 11) is 0. The van der Waals surface area contributed by atoms with Gasteiger partial charge in [-0.25, -0.2) is 0 Å². The van der Waals surface area contributed by atoms with E-state index in [1.807, 2.05) is 31.2 Å². The van der Waals surface area contributed by atoms with Crippen LogP contribution >= 0.6 is 0 Å². The van der Waals surface area contributed by atoms with Gasteiger partial charge in [0.1, 0.15) is 5.76 Å². The highest BCUT2D eigenvalue weighted by Crippen LogP contribution is 2.38. The Hall–Kier alpha value is -3.27. The van der Waals surface area contributed by atoms with Crippen LogP contribution in [0.4, 0.5) is 0 Å². The number of fused-ring (bicyclic) bond motifs is 2. The molecule has 4 heteroatoms. The first-order chi connectivity index (χ1) is 12.0. The molecule has 4 rings (SSSR count). The summed E-state index contributed by atoms with van der Waals surface area (Å²) in [6, 6.07) is 14.0. The lowest BCUT2D eigenvalue weighted by atomic mass is 9.83. The first-order valence-electron chi connectivity index (χ1n) is 7.92. The van der Waals surface area contributed by atoms with Crippen molar-refractivity contribution in [3.8, 4) is 11.3 Å². The summed E-state index contributed by atoms with van der Waals surface area (Å²) in [4.78, 5) is 38.0. The van der Waals surface area contributed by atoms with E-state index >= 15 is 0 Å². The molecule has 4 nitrogen and oxygen atoms in total. The predicted molar refractivity (Wildman–Crippen MR) is 92.2 cm³/mol. The lowest BCUT2D eigenvalue weighted by Gasteiger charge is -2.14. The topological polar surface area (TPSA) is 64.3 Å². The molecule has 0 aliphatic heterocycles. The third kappa shape index (κ3) is 2.18. The van der Waals surface area contributed by atoms with Crippen LogP contribution in [0.2, 0.25) is 0 Å². The van der Waals surface area contributed by atoms with E-state index in [4.69, 9.17) is 4.42 Å². The van der Waals surface area contributed by atoms with Crippen molar-refractivity contribution < 1.29 is 18.8 Å². The number of benzene rings is 2. The number of ketones is 3. The van der Waals surface area contributed by atoms with E-state index in [0.29, 0.717) is 16.7 Å². The average molecular weight is 330 g/mol. The molecule has 1 aromatic heterocycles. The van der Waals surface area contributed by atoms with Gasteiger partial charge in [-0.05, 0) is 6.92 Å². The third-order valence-corrected chi connectivity index (χ3v) is 4.41. The fraction of sp³-hybridized carbons (Fsp3) is 0.0952. The van der Waals surface area contributed by atoms with E-state index in [0.717, 1.165) is 5.56 Å². The maximum Gasteiger partial charge on any atom is 0.198 e. The minimum Gasteiger partial charge on any atom is -0.451 e. The molecule has 1 aliphatic rings. The van der Waals surface area contributed by atoms with Gasteiger partial charge in [0, 0.05) is 23.6 Å². The van der Waals surface area contributed by atoms with Gasteiger partial charge in [0.25, 0.3) is 0 Å². The molecule has 2 aromatic carbocycles. The average Bonchev–Trinajstić information content (AvgIpc) is 3.01. The Morgan fingerprint density at radius 2 is 1.40 bits per heavy atom. The molecule has 122 valence electrons. The normalized spacial score (nSPS) is 12.7. The van der Waals surface area contributed by atoms with Gasteiger partial charge in [-0.3, -0.25) is 14.4 Å². The Labute approximate surface area is 144 Å². The SMILES string of the molecule is CC(=O)c1oc(-c2ccc(C)cc2)c2c1C(=O)c1ccccc1C2=O. The van der Waals surface area contributed by atoms with Crippen LogP contribution in [0.1, 0.15) is 54.9 Å². The zero-order valence-corrected chi connectivity index (χ0v) is 13.8. The monoisotopic (exact) mass is 330 g/mol. The second-order valence-electron chi connectivity index (χ2n) is 6.14. The molecule has 0 saturated heterocycles. The zero-order valence-electron chi connectivity index (χ0n) is 13.8. The van der Waals surface area contributed by atoms with Gasteiger partial charge >= 0.3 is 0 Å². The van der Waals surface area contributed by atoms with Crippen LogP contribution in [-0.4, -0.2) is 17.3 Å². The molecule has 0 bridgehead atoms. The maximum atomic E-state index is 13.0. The number of Topliss-reactive ketones (excluding diaryl/α,β-unsaturated/α-hetero) is 1. The number of carbonyl (C=O) groups excluding carboxylic acids is 3. The number of aryl methyl sites for hydroxylation is 1. The molecule has 3 aromatic rings. The molecular weight excluding hydrogens is 316 g/mol. The Bertz CT molecular complexity index is 1050. The number of rotatable bonds is 2. The molecule has 0 unspecified atom stereocenters. The summed E-state index contributed by atoms with van der Waals surface area (Å²) in [6.07, 6.45) is 0. The molecule has 1 heterocycles. The van der Waals surface area contributed by atoms with Crippen molar-refractivity contribution in [3.05, 3.63) is 82.1 Å². The summed E-state index contributed by atoms with van der Waals surface area (Å²) in [5, 5.41) is 0. The van der Waals surface area contributed by atoms with Crippen molar-refractivity contribution in [1.29, 1.82) is 0 Å². The van der Waals surface area contributed by atoms with Crippen molar-refractivity contribution in [2.75, 3.05) is 0 Å². The smallest absolute Gasteiger partial charge is 0.198 e. The van der Waals surface area contributed by atoms with Gasteiger partial charge in [-0.2, -0.15) is 0 Å². The Balaban J connectivity index is 2.04. The van der Waals surface area contributed by atoms with Gasteiger partial charge in [0.15, 0.2) is 23.1 Å². The lowest BCUT2D eigenvalue weighted by molar-refractivity contribution is 0.0960. The van der Waals surface area contributed by atoms with Gasteiger partial charge in [-0.1, -0.05) is 54.1 Å². The summed E-state index contributed by atoms with van der Waals surface area (Å²) in [5.41, 5.74) is 2.62. The molecule has 25 heavy (non-hydrogen) atoms. The van der Waals surface area contributed by atoms with Crippen LogP contribution in [0.25, 0.3) is 11.3 Å². The highest BCUT2D eigenvalue weighted by Gasteiger charge is 2.38. The van der Waals surface area contributed by atoms with Crippen LogP contribution < -0.4 is 0 Å². The van der Waals surface area contributed by atoms with Gasteiger partial charge in [-0.15, -0.1) is 0 Å². The van der Waals surface area contributed by atoms with E-state index in [1.54, 1.807) is 24.3 Å². The highest BCUT2D eigenvalue weighted by molar-refractivity contribution is 6.32. The molecular formula is C21H14O4. The standard InChI is InChI=1S/C21H14O4/c1-11-7-9-13(10-8-11)21-17-16(20(25-21)12(2)22)18(23)14-5-3-4-6-15(14)19(17)24/h3-10H,1-2H3. The van der Waals surface area contributed by atoms with Crippen molar-refractivity contribution in [3.63, 3.8) is 0 Å². The fourth-order valence-electron chi connectivity index (χ4n) is 3.17. The second kappa shape index (κ2) is 5.38. The van der Waals surface area contributed by atoms with E-state index in [9.17, 15) is 14.4 Å². The van der Waals surface area contributed by atoms with E-state index in [-0.39, 0.29) is 40.0 Å². The second-order valence-corrected chi connectivity index (χ2v) is 6.14. The fourth-order valence-corrected chi connectivity index (χ4v) is 3.17.